The summed E-state index contributed by atoms with van der Waals surface area (Å²) in [5.74, 6) is -0.371. The molecular formula is C13H14N2O3. The summed E-state index contributed by atoms with van der Waals surface area (Å²) in [5, 5.41) is 8.89. The summed E-state index contributed by atoms with van der Waals surface area (Å²) in [6, 6.07) is 7.43. The van der Waals surface area contributed by atoms with Gasteiger partial charge in [0.1, 0.15) is 5.75 Å². The van der Waals surface area contributed by atoms with E-state index in [4.69, 9.17) is 9.84 Å². The van der Waals surface area contributed by atoms with Gasteiger partial charge >= 0.3 is 5.97 Å². The molecule has 94 valence electrons. The van der Waals surface area contributed by atoms with Crippen molar-refractivity contribution in [3.63, 3.8) is 0 Å². The molecule has 1 aromatic heterocycles. The Hall–Kier alpha value is -2.30. The van der Waals surface area contributed by atoms with Crippen molar-refractivity contribution in [3.05, 3.63) is 35.8 Å². The number of aryl methyl sites for hydroxylation is 1. The fourth-order valence-corrected chi connectivity index (χ4v) is 1.74. The zero-order valence-electron chi connectivity index (χ0n) is 10.2. The van der Waals surface area contributed by atoms with Gasteiger partial charge < -0.3 is 14.8 Å². The maximum absolute atomic E-state index is 10.8. The van der Waals surface area contributed by atoms with Crippen LogP contribution >= 0.6 is 0 Å². The molecule has 5 heteroatoms. The van der Waals surface area contributed by atoms with E-state index in [1.54, 1.807) is 6.92 Å². The number of hydrogen-bond donors (Lipinski definition) is 2. The van der Waals surface area contributed by atoms with E-state index in [0.717, 1.165) is 17.0 Å². The Kier molecular flexibility index (Phi) is 3.32. The first-order chi connectivity index (χ1) is 8.61. The van der Waals surface area contributed by atoms with Crippen molar-refractivity contribution in [2.45, 2.75) is 13.8 Å². The Morgan fingerprint density at radius 1 is 1.50 bits per heavy atom. The Bertz CT molecular complexity index is 575. The number of imidazole rings is 1. The number of carboxylic acid groups (broad SMARTS) is 1. The first kappa shape index (κ1) is 12.2. The van der Waals surface area contributed by atoms with E-state index < -0.39 is 5.97 Å². The number of benzene rings is 1. The summed E-state index contributed by atoms with van der Waals surface area (Å²) in [4.78, 5) is 17.7. The monoisotopic (exact) mass is 246 g/mol. The zero-order valence-corrected chi connectivity index (χ0v) is 10.2. The highest BCUT2D eigenvalue weighted by molar-refractivity contribution is 5.84. The van der Waals surface area contributed by atoms with Crippen LogP contribution in [0.5, 0.6) is 5.75 Å². The number of nitrogens with zero attached hydrogens (tertiary/aromatic N) is 1. The third kappa shape index (κ3) is 2.34. The molecule has 0 saturated heterocycles. The molecule has 0 amide bonds. The fourth-order valence-electron chi connectivity index (χ4n) is 1.74. The Morgan fingerprint density at radius 2 is 2.28 bits per heavy atom. The SMILES string of the molecule is CCOc1cccc(-c2nc(C(=O)O)[nH]c2C)c1. The van der Waals surface area contributed by atoms with Crippen molar-refractivity contribution in [3.8, 4) is 17.0 Å². The van der Waals surface area contributed by atoms with E-state index in [1.165, 1.54) is 0 Å². The van der Waals surface area contributed by atoms with E-state index in [-0.39, 0.29) is 5.82 Å². The minimum absolute atomic E-state index is 0.0516. The van der Waals surface area contributed by atoms with E-state index in [0.29, 0.717) is 12.3 Å². The number of aromatic carboxylic acids is 1. The molecule has 0 aliphatic heterocycles. The van der Waals surface area contributed by atoms with Crippen LogP contribution in [-0.2, 0) is 0 Å². The molecule has 0 fully saturated rings. The fraction of sp³-hybridized carbons (Fsp3) is 0.231. The van der Waals surface area contributed by atoms with Gasteiger partial charge in [0.25, 0.3) is 0 Å². The first-order valence-electron chi connectivity index (χ1n) is 5.65. The number of aromatic nitrogens is 2. The van der Waals surface area contributed by atoms with Crippen LogP contribution in [0.4, 0.5) is 0 Å². The van der Waals surface area contributed by atoms with Gasteiger partial charge in [-0.1, -0.05) is 12.1 Å². The molecule has 18 heavy (non-hydrogen) atoms. The van der Waals surface area contributed by atoms with Crippen molar-refractivity contribution in [1.29, 1.82) is 0 Å². The van der Waals surface area contributed by atoms with Crippen LogP contribution in [0.2, 0.25) is 0 Å². The third-order valence-corrected chi connectivity index (χ3v) is 2.51. The summed E-state index contributed by atoms with van der Waals surface area (Å²) >= 11 is 0. The maximum Gasteiger partial charge on any atom is 0.371 e. The first-order valence-corrected chi connectivity index (χ1v) is 5.65. The summed E-state index contributed by atoms with van der Waals surface area (Å²) < 4.78 is 5.41. The lowest BCUT2D eigenvalue weighted by Crippen LogP contribution is -1.98. The minimum atomic E-state index is -1.06. The number of nitrogens with one attached hydrogen (secondary N) is 1. The lowest BCUT2D eigenvalue weighted by atomic mass is 10.1. The Labute approximate surface area is 104 Å². The Balaban J connectivity index is 2.41. The van der Waals surface area contributed by atoms with Crippen LogP contribution in [0.25, 0.3) is 11.3 Å². The quantitative estimate of drug-likeness (QED) is 0.869. The van der Waals surface area contributed by atoms with Crippen molar-refractivity contribution >= 4 is 5.97 Å². The van der Waals surface area contributed by atoms with Gasteiger partial charge in [-0.2, -0.15) is 0 Å². The number of ether oxygens (including phenoxy) is 1. The van der Waals surface area contributed by atoms with Crippen molar-refractivity contribution < 1.29 is 14.6 Å². The second-order valence-electron chi connectivity index (χ2n) is 3.83. The molecule has 0 bridgehead atoms. The largest absolute Gasteiger partial charge is 0.494 e. The van der Waals surface area contributed by atoms with Crippen LogP contribution in [0.3, 0.4) is 0 Å². The molecule has 0 aliphatic rings. The lowest BCUT2D eigenvalue weighted by Gasteiger charge is -2.04. The molecule has 0 radical (unpaired) electrons. The topological polar surface area (TPSA) is 75.2 Å². The molecule has 1 aromatic carbocycles. The smallest absolute Gasteiger partial charge is 0.371 e. The standard InChI is InChI=1S/C13H14N2O3/c1-3-18-10-6-4-5-9(7-10)11-8(2)14-12(15-11)13(16)17/h4-7H,3H2,1-2H3,(H,14,15)(H,16,17). The normalized spacial score (nSPS) is 10.3. The van der Waals surface area contributed by atoms with E-state index in [9.17, 15) is 4.79 Å². The van der Waals surface area contributed by atoms with E-state index in [2.05, 4.69) is 9.97 Å². The highest BCUT2D eigenvalue weighted by Gasteiger charge is 2.13. The molecule has 0 spiro atoms. The summed E-state index contributed by atoms with van der Waals surface area (Å²) in [5.41, 5.74) is 2.19. The third-order valence-electron chi connectivity index (χ3n) is 2.51. The average molecular weight is 246 g/mol. The van der Waals surface area contributed by atoms with Gasteiger partial charge in [0.2, 0.25) is 5.82 Å². The minimum Gasteiger partial charge on any atom is -0.494 e. The average Bonchev–Trinajstić information content (AvgIpc) is 2.72. The summed E-state index contributed by atoms with van der Waals surface area (Å²) in [6.45, 7) is 4.29. The molecule has 2 rings (SSSR count). The van der Waals surface area contributed by atoms with E-state index in [1.807, 2.05) is 31.2 Å². The van der Waals surface area contributed by atoms with Crippen LogP contribution in [0, 0.1) is 6.92 Å². The highest BCUT2D eigenvalue weighted by Crippen LogP contribution is 2.25. The van der Waals surface area contributed by atoms with Gasteiger partial charge in [-0.15, -0.1) is 0 Å². The molecule has 1 heterocycles. The van der Waals surface area contributed by atoms with Crippen LogP contribution in [0.1, 0.15) is 23.2 Å². The number of hydrogen-bond acceptors (Lipinski definition) is 3. The number of rotatable bonds is 4. The molecule has 0 atom stereocenters. The molecule has 2 aromatic rings. The maximum atomic E-state index is 10.8. The highest BCUT2D eigenvalue weighted by atomic mass is 16.5. The number of carbonyl (C=O) groups is 1. The van der Waals surface area contributed by atoms with Gasteiger partial charge in [0.15, 0.2) is 0 Å². The number of aromatic amines is 1. The molecule has 0 unspecified atom stereocenters. The second kappa shape index (κ2) is 4.91. The van der Waals surface area contributed by atoms with Gasteiger partial charge in [-0.05, 0) is 26.0 Å². The molecule has 0 aliphatic carbocycles. The number of H-pyrrole nitrogens is 1. The van der Waals surface area contributed by atoms with E-state index >= 15 is 0 Å². The summed E-state index contributed by atoms with van der Waals surface area (Å²) in [6.07, 6.45) is 0. The number of carboxylic acids is 1. The predicted molar refractivity (Wildman–Crippen MR) is 66.9 cm³/mol. The van der Waals surface area contributed by atoms with Gasteiger partial charge in [-0.3, -0.25) is 0 Å². The molecule has 0 saturated carbocycles. The predicted octanol–water partition coefficient (Wildman–Crippen LogP) is 2.48. The van der Waals surface area contributed by atoms with Crippen LogP contribution in [-0.4, -0.2) is 27.7 Å². The van der Waals surface area contributed by atoms with Gasteiger partial charge in [0.05, 0.1) is 12.3 Å². The van der Waals surface area contributed by atoms with Crippen LogP contribution in [0.15, 0.2) is 24.3 Å². The van der Waals surface area contributed by atoms with Gasteiger partial charge in [0, 0.05) is 11.3 Å². The Morgan fingerprint density at radius 3 is 2.89 bits per heavy atom. The second-order valence-corrected chi connectivity index (χ2v) is 3.83. The summed E-state index contributed by atoms with van der Waals surface area (Å²) in [7, 11) is 0. The van der Waals surface area contributed by atoms with Gasteiger partial charge in [-0.25, -0.2) is 9.78 Å². The molecular weight excluding hydrogens is 232 g/mol. The molecule has 5 nitrogen and oxygen atoms in total. The zero-order chi connectivity index (χ0) is 13.1. The molecule has 2 N–H and O–H groups in total. The van der Waals surface area contributed by atoms with Crippen molar-refractivity contribution in [2.24, 2.45) is 0 Å². The van der Waals surface area contributed by atoms with Crippen LogP contribution < -0.4 is 4.74 Å². The van der Waals surface area contributed by atoms with Crippen molar-refractivity contribution in [2.75, 3.05) is 6.61 Å². The lowest BCUT2D eigenvalue weighted by molar-refractivity contribution is 0.0684. The van der Waals surface area contributed by atoms with Crippen molar-refractivity contribution in [1.82, 2.24) is 9.97 Å².